The Morgan fingerprint density at radius 3 is 2.62 bits per heavy atom. The molecule has 1 aromatic rings. The van der Waals surface area contributed by atoms with Crippen LogP contribution in [0.25, 0.3) is 0 Å². The minimum Gasteiger partial charge on any atom is -0.464 e. The van der Waals surface area contributed by atoms with Crippen molar-refractivity contribution in [3.8, 4) is 6.01 Å². The topological polar surface area (TPSA) is 89.2 Å². The van der Waals surface area contributed by atoms with E-state index in [-0.39, 0.29) is 6.01 Å². The van der Waals surface area contributed by atoms with Gasteiger partial charge in [-0.2, -0.15) is 15.0 Å². The zero-order chi connectivity index (χ0) is 12.0. The summed E-state index contributed by atoms with van der Waals surface area (Å²) in [5.41, 5.74) is 2.39. The summed E-state index contributed by atoms with van der Waals surface area (Å²) in [5.74, 6) is 6.13. The largest absolute Gasteiger partial charge is 0.464 e. The minimum absolute atomic E-state index is 0.281. The lowest BCUT2D eigenvalue weighted by Gasteiger charge is -2.16. The average molecular weight is 226 g/mol. The molecule has 0 amide bonds. The molecule has 0 bridgehead atoms. The third-order valence-electron chi connectivity index (χ3n) is 1.91. The van der Waals surface area contributed by atoms with Crippen molar-refractivity contribution in [2.24, 2.45) is 5.84 Å². The molecule has 0 spiro atoms. The Hall–Kier alpha value is -1.63. The third-order valence-corrected chi connectivity index (χ3v) is 1.91. The van der Waals surface area contributed by atoms with E-state index in [9.17, 15) is 0 Å². The summed E-state index contributed by atoms with van der Waals surface area (Å²) in [4.78, 5) is 14.2. The van der Waals surface area contributed by atoms with E-state index < -0.39 is 0 Å². The number of rotatable bonds is 6. The Balaban J connectivity index is 2.93. The van der Waals surface area contributed by atoms with Crippen molar-refractivity contribution >= 4 is 11.9 Å². The second-order valence-electron chi connectivity index (χ2n) is 3.24. The summed E-state index contributed by atoms with van der Waals surface area (Å²) >= 11 is 0. The molecule has 0 aliphatic carbocycles. The minimum atomic E-state index is 0.281. The van der Waals surface area contributed by atoms with Gasteiger partial charge in [0, 0.05) is 13.6 Å². The van der Waals surface area contributed by atoms with Crippen LogP contribution in [0.15, 0.2) is 0 Å². The molecule has 0 atom stereocenters. The smallest absolute Gasteiger partial charge is 0.323 e. The first-order valence-electron chi connectivity index (χ1n) is 5.27. The molecule has 7 nitrogen and oxygen atoms in total. The number of anilines is 2. The van der Waals surface area contributed by atoms with Crippen LogP contribution in [0.4, 0.5) is 11.9 Å². The fourth-order valence-corrected chi connectivity index (χ4v) is 1.21. The van der Waals surface area contributed by atoms with Crippen LogP contribution in [-0.4, -0.2) is 35.2 Å². The molecule has 0 aliphatic heterocycles. The summed E-state index contributed by atoms with van der Waals surface area (Å²) in [6, 6.07) is 0.281. The number of hydrogen-bond donors (Lipinski definition) is 2. The van der Waals surface area contributed by atoms with E-state index in [1.807, 2.05) is 18.9 Å². The highest BCUT2D eigenvalue weighted by Crippen LogP contribution is 2.13. The van der Waals surface area contributed by atoms with Crippen LogP contribution < -0.4 is 20.9 Å². The molecule has 1 heterocycles. The predicted octanol–water partition coefficient (Wildman–Crippen LogP) is 0.402. The molecule has 7 heteroatoms. The van der Waals surface area contributed by atoms with Gasteiger partial charge in [0.25, 0.3) is 0 Å². The van der Waals surface area contributed by atoms with Crippen molar-refractivity contribution in [3.63, 3.8) is 0 Å². The molecule has 16 heavy (non-hydrogen) atoms. The lowest BCUT2D eigenvalue weighted by atomic mass is 10.4. The first-order chi connectivity index (χ1) is 7.71. The normalized spacial score (nSPS) is 10.0. The van der Waals surface area contributed by atoms with Crippen molar-refractivity contribution in [1.29, 1.82) is 0 Å². The van der Waals surface area contributed by atoms with Gasteiger partial charge in [0.05, 0.1) is 6.61 Å². The van der Waals surface area contributed by atoms with Gasteiger partial charge < -0.3 is 9.64 Å². The molecule has 0 saturated heterocycles. The van der Waals surface area contributed by atoms with Gasteiger partial charge in [-0.25, -0.2) is 5.84 Å². The standard InChI is InChI=1S/C9H18N6O/c1-4-6-15(3)8-11-7(14-10)12-9(13-8)16-5-2/h4-6,10H2,1-3H3,(H,11,12,13,14). The van der Waals surface area contributed by atoms with Crippen molar-refractivity contribution in [3.05, 3.63) is 0 Å². The number of nitrogens with two attached hydrogens (primary N) is 1. The highest BCUT2D eigenvalue weighted by atomic mass is 16.5. The first-order valence-corrected chi connectivity index (χ1v) is 5.27. The Morgan fingerprint density at radius 1 is 1.31 bits per heavy atom. The van der Waals surface area contributed by atoms with E-state index in [4.69, 9.17) is 10.6 Å². The van der Waals surface area contributed by atoms with Gasteiger partial charge >= 0.3 is 6.01 Å². The van der Waals surface area contributed by atoms with Gasteiger partial charge in [-0.1, -0.05) is 6.92 Å². The number of hydrazine groups is 1. The molecule has 0 aromatic carbocycles. The second kappa shape index (κ2) is 6.06. The van der Waals surface area contributed by atoms with Crippen LogP contribution in [0, 0.1) is 0 Å². The maximum absolute atomic E-state index is 5.28. The predicted molar refractivity (Wildman–Crippen MR) is 62.4 cm³/mol. The zero-order valence-corrected chi connectivity index (χ0v) is 9.90. The molecule has 90 valence electrons. The number of aromatic nitrogens is 3. The van der Waals surface area contributed by atoms with Crippen molar-refractivity contribution < 1.29 is 4.74 Å². The Bertz CT molecular complexity index is 332. The van der Waals surface area contributed by atoms with Crippen molar-refractivity contribution in [2.75, 3.05) is 30.5 Å². The van der Waals surface area contributed by atoms with Crippen LogP contribution in [0.1, 0.15) is 20.3 Å². The molecule has 0 radical (unpaired) electrons. The summed E-state index contributed by atoms with van der Waals surface area (Å²) in [5, 5.41) is 0. The number of ether oxygens (including phenoxy) is 1. The quantitative estimate of drug-likeness (QED) is 0.536. The number of nitrogen functional groups attached to an aromatic ring is 1. The van der Waals surface area contributed by atoms with E-state index in [0.717, 1.165) is 13.0 Å². The van der Waals surface area contributed by atoms with Crippen molar-refractivity contribution in [2.45, 2.75) is 20.3 Å². The molecule has 1 rings (SSSR count). The third kappa shape index (κ3) is 3.20. The lowest BCUT2D eigenvalue weighted by molar-refractivity contribution is 0.312. The monoisotopic (exact) mass is 226 g/mol. The summed E-state index contributed by atoms with van der Waals surface area (Å²) in [7, 11) is 1.91. The van der Waals surface area contributed by atoms with Gasteiger partial charge in [-0.15, -0.1) is 0 Å². The first kappa shape index (κ1) is 12.4. The summed E-state index contributed by atoms with van der Waals surface area (Å²) in [6.45, 7) is 5.32. The fourth-order valence-electron chi connectivity index (χ4n) is 1.21. The van der Waals surface area contributed by atoms with Gasteiger partial charge in [0.1, 0.15) is 0 Å². The average Bonchev–Trinajstić information content (AvgIpc) is 2.29. The summed E-state index contributed by atoms with van der Waals surface area (Å²) in [6.07, 6.45) is 1.01. The molecule has 0 saturated carbocycles. The highest BCUT2D eigenvalue weighted by Gasteiger charge is 2.09. The Kier molecular flexibility index (Phi) is 4.71. The fraction of sp³-hybridized carbons (Fsp3) is 0.667. The van der Waals surface area contributed by atoms with Crippen LogP contribution in [0.5, 0.6) is 6.01 Å². The number of hydrogen-bond acceptors (Lipinski definition) is 7. The maximum Gasteiger partial charge on any atom is 0.323 e. The molecule has 0 unspecified atom stereocenters. The van der Waals surface area contributed by atoms with Gasteiger partial charge in [0.15, 0.2) is 0 Å². The highest BCUT2D eigenvalue weighted by molar-refractivity contribution is 5.36. The van der Waals surface area contributed by atoms with E-state index in [1.165, 1.54) is 0 Å². The van der Waals surface area contributed by atoms with E-state index in [2.05, 4.69) is 27.3 Å². The summed E-state index contributed by atoms with van der Waals surface area (Å²) < 4.78 is 5.23. The zero-order valence-electron chi connectivity index (χ0n) is 9.90. The lowest BCUT2D eigenvalue weighted by Crippen LogP contribution is -2.22. The van der Waals surface area contributed by atoms with E-state index in [0.29, 0.717) is 18.5 Å². The van der Waals surface area contributed by atoms with Crippen LogP contribution in [0.3, 0.4) is 0 Å². The van der Waals surface area contributed by atoms with Crippen LogP contribution in [0.2, 0.25) is 0 Å². The van der Waals surface area contributed by atoms with Crippen LogP contribution in [-0.2, 0) is 0 Å². The molecule has 3 N–H and O–H groups in total. The van der Waals surface area contributed by atoms with E-state index in [1.54, 1.807) is 0 Å². The molecule has 1 aromatic heterocycles. The molecule has 0 aliphatic rings. The SMILES string of the molecule is CCCN(C)c1nc(NN)nc(OCC)n1. The van der Waals surface area contributed by atoms with Crippen LogP contribution >= 0.6 is 0 Å². The second-order valence-corrected chi connectivity index (χ2v) is 3.24. The van der Waals surface area contributed by atoms with E-state index >= 15 is 0 Å². The molecule has 0 fully saturated rings. The maximum atomic E-state index is 5.28. The van der Waals surface area contributed by atoms with Crippen molar-refractivity contribution in [1.82, 2.24) is 15.0 Å². The molecular formula is C9H18N6O. The number of nitrogens with zero attached hydrogens (tertiary/aromatic N) is 4. The van der Waals surface area contributed by atoms with Gasteiger partial charge in [0.2, 0.25) is 11.9 Å². The number of nitrogens with one attached hydrogen (secondary N) is 1. The van der Waals surface area contributed by atoms with Gasteiger partial charge in [-0.3, -0.25) is 5.43 Å². The molecular weight excluding hydrogens is 208 g/mol. The van der Waals surface area contributed by atoms with Gasteiger partial charge in [-0.05, 0) is 13.3 Å². The Morgan fingerprint density at radius 2 is 2.06 bits per heavy atom. The Labute approximate surface area is 95.0 Å².